The molecule has 1 heterocycles. The van der Waals surface area contributed by atoms with E-state index in [4.69, 9.17) is 28.9 Å². The number of nitrogens with zero attached hydrogens (tertiary/aromatic N) is 1. The van der Waals surface area contributed by atoms with Gasteiger partial charge in [-0.1, -0.05) is 42.5 Å². The number of amides is 1. The molecule has 0 spiro atoms. The largest absolute Gasteiger partial charge is 0.366 e. The highest BCUT2D eigenvalue weighted by Gasteiger charge is 2.22. The average molecular weight is 365 g/mol. The molecule has 24 heavy (non-hydrogen) atoms. The fourth-order valence-corrected chi connectivity index (χ4v) is 4.18. The summed E-state index contributed by atoms with van der Waals surface area (Å²) in [6, 6.07) is 7.31. The molecular formula is C19H22Cl2N2O. The van der Waals surface area contributed by atoms with Crippen molar-refractivity contribution in [2.24, 2.45) is 11.7 Å². The van der Waals surface area contributed by atoms with Crippen LogP contribution < -0.4 is 5.73 Å². The number of carbonyl (C=O) groups is 1. The van der Waals surface area contributed by atoms with Crippen molar-refractivity contribution in [3.8, 4) is 11.3 Å². The molecule has 3 rings (SSSR count). The Labute approximate surface area is 152 Å². The van der Waals surface area contributed by atoms with Crippen LogP contribution in [-0.2, 0) is 6.54 Å². The van der Waals surface area contributed by atoms with Gasteiger partial charge >= 0.3 is 0 Å². The van der Waals surface area contributed by atoms with Gasteiger partial charge in [0.1, 0.15) is 0 Å². The Hall–Kier alpha value is -1.45. The number of rotatable bonds is 4. The van der Waals surface area contributed by atoms with E-state index >= 15 is 0 Å². The van der Waals surface area contributed by atoms with Gasteiger partial charge in [-0.2, -0.15) is 0 Å². The fourth-order valence-electron chi connectivity index (χ4n) is 3.68. The monoisotopic (exact) mass is 364 g/mol. The Balaban J connectivity index is 2.06. The van der Waals surface area contributed by atoms with Gasteiger partial charge < -0.3 is 10.3 Å². The van der Waals surface area contributed by atoms with Crippen molar-refractivity contribution in [1.82, 2.24) is 4.57 Å². The van der Waals surface area contributed by atoms with Crippen molar-refractivity contribution >= 4 is 29.1 Å². The lowest BCUT2D eigenvalue weighted by molar-refractivity contribution is 0.0999. The molecule has 0 unspecified atom stereocenters. The molecule has 0 saturated heterocycles. The van der Waals surface area contributed by atoms with Gasteiger partial charge in [-0.15, -0.1) is 0 Å². The molecule has 1 saturated carbocycles. The Morgan fingerprint density at radius 3 is 2.54 bits per heavy atom. The molecule has 1 aliphatic carbocycles. The molecule has 1 aromatic heterocycles. The molecule has 1 aromatic carbocycles. The first-order chi connectivity index (χ1) is 11.5. The van der Waals surface area contributed by atoms with Crippen molar-refractivity contribution in [2.45, 2.75) is 45.6 Å². The molecule has 2 aromatic rings. The summed E-state index contributed by atoms with van der Waals surface area (Å²) in [5, 5.41) is 1.18. The van der Waals surface area contributed by atoms with Crippen LogP contribution in [0.3, 0.4) is 0 Å². The lowest BCUT2D eigenvalue weighted by atomic mass is 9.89. The molecule has 0 radical (unpaired) electrons. The maximum Gasteiger partial charge on any atom is 0.250 e. The van der Waals surface area contributed by atoms with E-state index in [-0.39, 0.29) is 0 Å². The standard InChI is InChI=1S/C19H22Cl2N2O/c1-12-16(19(22)24)10-18(15-8-7-14(20)9-17(15)21)23(12)11-13-5-3-2-4-6-13/h7-10,13H,2-6,11H2,1H3,(H2,22,24). The zero-order chi connectivity index (χ0) is 17.3. The van der Waals surface area contributed by atoms with E-state index in [1.54, 1.807) is 6.07 Å². The summed E-state index contributed by atoms with van der Waals surface area (Å²) >= 11 is 12.4. The number of hydrogen-bond acceptors (Lipinski definition) is 1. The molecule has 128 valence electrons. The first-order valence-electron chi connectivity index (χ1n) is 8.42. The number of benzene rings is 1. The molecule has 0 atom stereocenters. The molecule has 5 heteroatoms. The summed E-state index contributed by atoms with van der Waals surface area (Å²) in [5.74, 6) is 0.233. The number of nitrogens with two attached hydrogens (primary N) is 1. The van der Waals surface area contributed by atoms with Gasteiger partial charge in [0.2, 0.25) is 0 Å². The minimum Gasteiger partial charge on any atom is -0.366 e. The zero-order valence-corrected chi connectivity index (χ0v) is 15.3. The fraction of sp³-hybridized carbons (Fsp3) is 0.421. The van der Waals surface area contributed by atoms with E-state index < -0.39 is 5.91 Å². The van der Waals surface area contributed by atoms with Gasteiger partial charge in [0.25, 0.3) is 5.91 Å². The Morgan fingerprint density at radius 1 is 1.21 bits per heavy atom. The van der Waals surface area contributed by atoms with E-state index in [1.165, 1.54) is 32.1 Å². The number of hydrogen-bond donors (Lipinski definition) is 1. The highest BCUT2D eigenvalue weighted by atomic mass is 35.5. The Kier molecular flexibility index (Phi) is 5.21. The van der Waals surface area contributed by atoms with Crippen LogP contribution in [0.25, 0.3) is 11.3 Å². The average Bonchev–Trinajstić information content (AvgIpc) is 2.86. The summed E-state index contributed by atoms with van der Waals surface area (Å²) in [7, 11) is 0. The molecule has 1 amide bonds. The summed E-state index contributed by atoms with van der Waals surface area (Å²) in [5.41, 5.74) is 8.86. The van der Waals surface area contributed by atoms with Crippen LogP contribution in [0.4, 0.5) is 0 Å². The molecule has 0 bridgehead atoms. The first-order valence-corrected chi connectivity index (χ1v) is 9.18. The summed E-state index contributed by atoms with van der Waals surface area (Å²) in [4.78, 5) is 11.8. The third-order valence-electron chi connectivity index (χ3n) is 5.00. The van der Waals surface area contributed by atoms with Crippen LogP contribution in [0, 0.1) is 12.8 Å². The van der Waals surface area contributed by atoms with E-state index in [9.17, 15) is 4.79 Å². The molecule has 0 aliphatic heterocycles. The van der Waals surface area contributed by atoms with Crippen molar-refractivity contribution < 1.29 is 4.79 Å². The smallest absolute Gasteiger partial charge is 0.250 e. The highest BCUT2D eigenvalue weighted by molar-refractivity contribution is 6.36. The van der Waals surface area contributed by atoms with E-state index in [1.807, 2.05) is 25.1 Å². The normalized spacial score (nSPS) is 15.6. The summed E-state index contributed by atoms with van der Waals surface area (Å²) in [6.45, 7) is 2.85. The molecule has 3 nitrogen and oxygen atoms in total. The quantitative estimate of drug-likeness (QED) is 0.770. The van der Waals surface area contributed by atoms with Crippen LogP contribution in [0.2, 0.25) is 10.0 Å². The topological polar surface area (TPSA) is 48.0 Å². The van der Waals surface area contributed by atoms with E-state index in [0.717, 1.165) is 23.5 Å². The SMILES string of the molecule is Cc1c(C(N)=O)cc(-c2ccc(Cl)cc2Cl)n1CC1CCCCC1. The van der Waals surface area contributed by atoms with Crippen LogP contribution in [0.15, 0.2) is 24.3 Å². The second kappa shape index (κ2) is 7.20. The summed E-state index contributed by atoms with van der Waals surface area (Å²) < 4.78 is 2.20. The van der Waals surface area contributed by atoms with Gasteiger partial charge in [0.05, 0.1) is 16.3 Å². The predicted octanol–water partition coefficient (Wildman–Crippen LogP) is 5.45. The van der Waals surface area contributed by atoms with Crippen LogP contribution in [0.5, 0.6) is 0 Å². The van der Waals surface area contributed by atoms with Crippen LogP contribution in [0.1, 0.15) is 48.2 Å². The lowest BCUT2D eigenvalue weighted by Crippen LogP contribution is -2.17. The highest BCUT2D eigenvalue weighted by Crippen LogP contribution is 2.35. The van der Waals surface area contributed by atoms with Gasteiger partial charge in [0, 0.05) is 22.8 Å². The molecule has 1 aliphatic rings. The van der Waals surface area contributed by atoms with E-state index in [2.05, 4.69) is 4.57 Å². The van der Waals surface area contributed by atoms with Gasteiger partial charge in [-0.25, -0.2) is 0 Å². The van der Waals surface area contributed by atoms with Crippen LogP contribution >= 0.6 is 23.2 Å². The number of halogens is 2. The maximum absolute atomic E-state index is 11.8. The first kappa shape index (κ1) is 17.4. The number of carbonyl (C=O) groups excluding carboxylic acids is 1. The second-order valence-electron chi connectivity index (χ2n) is 6.63. The van der Waals surface area contributed by atoms with Gasteiger partial charge in [-0.3, -0.25) is 4.79 Å². The third kappa shape index (κ3) is 3.47. The number of primary amides is 1. The van der Waals surface area contributed by atoms with Crippen LogP contribution in [-0.4, -0.2) is 10.5 Å². The predicted molar refractivity (Wildman–Crippen MR) is 99.7 cm³/mol. The molecule has 2 N–H and O–H groups in total. The van der Waals surface area contributed by atoms with Gasteiger partial charge in [0.15, 0.2) is 0 Å². The molecule has 1 fully saturated rings. The molecular weight excluding hydrogens is 343 g/mol. The maximum atomic E-state index is 11.8. The van der Waals surface area contributed by atoms with Crippen molar-refractivity contribution in [1.29, 1.82) is 0 Å². The zero-order valence-electron chi connectivity index (χ0n) is 13.8. The lowest BCUT2D eigenvalue weighted by Gasteiger charge is -2.24. The van der Waals surface area contributed by atoms with E-state index in [0.29, 0.717) is 21.5 Å². The minimum atomic E-state index is -0.402. The van der Waals surface area contributed by atoms with Gasteiger partial charge in [-0.05, 0) is 49.9 Å². The number of aromatic nitrogens is 1. The van der Waals surface area contributed by atoms with Crippen molar-refractivity contribution in [2.75, 3.05) is 0 Å². The third-order valence-corrected chi connectivity index (χ3v) is 5.55. The Bertz CT molecular complexity index is 761. The Morgan fingerprint density at radius 2 is 1.92 bits per heavy atom. The summed E-state index contributed by atoms with van der Waals surface area (Å²) in [6.07, 6.45) is 6.35. The van der Waals surface area contributed by atoms with Crippen molar-refractivity contribution in [3.63, 3.8) is 0 Å². The minimum absolute atomic E-state index is 0.402. The second-order valence-corrected chi connectivity index (χ2v) is 7.48. The van der Waals surface area contributed by atoms with Crippen molar-refractivity contribution in [3.05, 3.63) is 45.6 Å².